The minimum absolute atomic E-state index is 0.0734. The van der Waals surface area contributed by atoms with Gasteiger partial charge in [-0.05, 0) is 42.0 Å². The van der Waals surface area contributed by atoms with Crippen LogP contribution in [0.15, 0.2) is 95.7 Å². The van der Waals surface area contributed by atoms with Crippen LogP contribution in [0.5, 0.6) is 11.5 Å². The Kier molecular flexibility index (Phi) is 5.31. The lowest BCUT2D eigenvalue weighted by Crippen LogP contribution is -2.31. The van der Waals surface area contributed by atoms with Gasteiger partial charge in [0.1, 0.15) is 22.2 Å². The fourth-order valence-corrected chi connectivity index (χ4v) is 3.17. The molecule has 6 heteroatoms. The fourth-order valence-electron chi connectivity index (χ4n) is 2.94. The lowest BCUT2D eigenvalue weighted by Gasteiger charge is -2.15. The third-order valence-electron chi connectivity index (χ3n) is 4.40. The fraction of sp³-hybridized carbons (Fsp3) is 0.0435. The van der Waals surface area contributed by atoms with Gasteiger partial charge in [0.2, 0.25) is 0 Å². The second-order valence-corrected chi connectivity index (χ2v) is 6.81. The van der Waals surface area contributed by atoms with Crippen molar-refractivity contribution >= 4 is 29.1 Å². The van der Waals surface area contributed by atoms with Crippen LogP contribution in [0.2, 0.25) is 0 Å². The van der Waals surface area contributed by atoms with Gasteiger partial charge in [-0.15, -0.1) is 0 Å². The molecule has 4 rings (SSSR count). The van der Waals surface area contributed by atoms with Crippen LogP contribution in [0.4, 0.5) is 5.69 Å². The van der Waals surface area contributed by atoms with Crippen molar-refractivity contribution in [2.24, 2.45) is 0 Å². The Bertz CT molecular complexity index is 1060. The van der Waals surface area contributed by atoms with E-state index in [1.165, 1.54) is 0 Å². The minimum Gasteiger partial charge on any atom is -0.457 e. The Labute approximate surface area is 173 Å². The summed E-state index contributed by atoms with van der Waals surface area (Å²) in [5, 5.41) is 2.84. The molecule has 3 aromatic rings. The zero-order valence-electron chi connectivity index (χ0n) is 15.3. The van der Waals surface area contributed by atoms with E-state index < -0.39 is 11.8 Å². The maximum absolute atomic E-state index is 12.7. The highest BCUT2D eigenvalue weighted by Gasteiger charge is 2.37. The molecular weight excluding hydrogens is 388 g/mol. The van der Waals surface area contributed by atoms with Gasteiger partial charge in [-0.1, -0.05) is 60.1 Å². The average molecular weight is 405 g/mol. The van der Waals surface area contributed by atoms with Crippen molar-refractivity contribution in [2.75, 3.05) is 5.32 Å². The number of amides is 2. The Balaban J connectivity index is 1.46. The van der Waals surface area contributed by atoms with Gasteiger partial charge in [-0.25, -0.2) is 0 Å². The molecule has 0 radical (unpaired) electrons. The Morgan fingerprint density at radius 1 is 0.759 bits per heavy atom. The topological polar surface area (TPSA) is 58.6 Å². The van der Waals surface area contributed by atoms with Gasteiger partial charge in [-0.2, -0.15) is 0 Å². The van der Waals surface area contributed by atoms with Crippen molar-refractivity contribution < 1.29 is 14.3 Å². The molecule has 0 bridgehead atoms. The predicted molar refractivity (Wildman–Crippen MR) is 111 cm³/mol. The molecule has 3 aromatic carbocycles. The largest absolute Gasteiger partial charge is 0.457 e. The molecule has 0 atom stereocenters. The Morgan fingerprint density at radius 3 is 2.00 bits per heavy atom. The number of carbonyl (C=O) groups excluding carboxylic acids is 2. The van der Waals surface area contributed by atoms with Crippen LogP contribution in [0, 0.1) is 0 Å². The summed E-state index contributed by atoms with van der Waals surface area (Å²) in [7, 11) is 0. The monoisotopic (exact) mass is 404 g/mol. The summed E-state index contributed by atoms with van der Waals surface area (Å²) in [6, 6.07) is 25.8. The molecule has 2 amide bonds. The highest BCUT2D eigenvalue weighted by molar-refractivity contribution is 6.48. The van der Waals surface area contributed by atoms with E-state index in [0.717, 1.165) is 16.2 Å². The number of carbonyl (C=O) groups is 2. The highest BCUT2D eigenvalue weighted by Crippen LogP contribution is 2.28. The Hall–Kier alpha value is -3.57. The highest BCUT2D eigenvalue weighted by atomic mass is 35.5. The molecule has 1 heterocycles. The molecular formula is C23H17ClN2O3. The third kappa shape index (κ3) is 4.15. The third-order valence-corrected chi connectivity index (χ3v) is 4.75. The number of nitrogens with zero attached hydrogens (tertiary/aromatic N) is 1. The van der Waals surface area contributed by atoms with Crippen LogP contribution < -0.4 is 10.1 Å². The van der Waals surface area contributed by atoms with E-state index >= 15 is 0 Å². The number of halogens is 1. The molecule has 0 saturated carbocycles. The summed E-state index contributed by atoms with van der Waals surface area (Å²) in [6.45, 7) is 0.170. The quantitative estimate of drug-likeness (QED) is 0.593. The molecule has 5 nitrogen and oxygen atoms in total. The average Bonchev–Trinajstić information content (AvgIpc) is 2.95. The summed E-state index contributed by atoms with van der Waals surface area (Å²) in [4.78, 5) is 26.3. The van der Waals surface area contributed by atoms with Crippen molar-refractivity contribution in [2.45, 2.75) is 6.54 Å². The summed E-state index contributed by atoms with van der Waals surface area (Å²) in [5.74, 6) is 0.425. The smallest absolute Gasteiger partial charge is 0.279 e. The summed E-state index contributed by atoms with van der Waals surface area (Å²) in [6.07, 6.45) is 0. The molecule has 1 aliphatic rings. The first-order valence-corrected chi connectivity index (χ1v) is 9.39. The van der Waals surface area contributed by atoms with Crippen LogP contribution in [-0.2, 0) is 16.1 Å². The molecule has 1 aliphatic heterocycles. The first-order chi connectivity index (χ1) is 14.1. The molecule has 0 spiro atoms. The van der Waals surface area contributed by atoms with Gasteiger partial charge in [0.15, 0.2) is 0 Å². The van der Waals surface area contributed by atoms with Crippen LogP contribution in [0.1, 0.15) is 5.56 Å². The van der Waals surface area contributed by atoms with Crippen molar-refractivity contribution in [3.63, 3.8) is 0 Å². The van der Waals surface area contributed by atoms with E-state index in [9.17, 15) is 9.59 Å². The minimum atomic E-state index is -0.507. The number of ether oxygens (including phenoxy) is 1. The number of hydrogen-bond donors (Lipinski definition) is 1. The van der Waals surface area contributed by atoms with E-state index in [-0.39, 0.29) is 17.3 Å². The molecule has 0 aliphatic carbocycles. The number of nitrogens with one attached hydrogen (secondary N) is 1. The number of imide groups is 1. The van der Waals surface area contributed by atoms with E-state index in [1.54, 1.807) is 24.3 Å². The van der Waals surface area contributed by atoms with E-state index in [2.05, 4.69) is 5.32 Å². The van der Waals surface area contributed by atoms with Crippen LogP contribution in [0.3, 0.4) is 0 Å². The summed E-state index contributed by atoms with van der Waals surface area (Å²) >= 11 is 6.15. The summed E-state index contributed by atoms with van der Waals surface area (Å²) in [5.41, 5.74) is 1.55. The normalized spacial score (nSPS) is 13.8. The lowest BCUT2D eigenvalue weighted by atomic mass is 10.2. The molecule has 0 saturated heterocycles. The van der Waals surface area contributed by atoms with Crippen LogP contribution in [-0.4, -0.2) is 16.7 Å². The molecule has 0 aromatic heterocycles. The first-order valence-electron chi connectivity index (χ1n) is 9.02. The predicted octanol–water partition coefficient (Wildman–Crippen LogP) is 4.91. The number of hydrogen-bond acceptors (Lipinski definition) is 4. The van der Waals surface area contributed by atoms with Crippen molar-refractivity contribution in [3.8, 4) is 11.5 Å². The standard InChI is InChI=1S/C23H17ClN2O3/c24-20-21(23(28)26(22(20)27)15-16-7-3-1-4-8-16)25-17-11-13-19(14-12-17)29-18-9-5-2-6-10-18/h1-14,25H,15H2. The van der Waals surface area contributed by atoms with Gasteiger partial charge >= 0.3 is 0 Å². The van der Waals surface area contributed by atoms with Crippen molar-refractivity contribution in [3.05, 3.63) is 101 Å². The van der Waals surface area contributed by atoms with Gasteiger partial charge in [0.25, 0.3) is 11.8 Å². The van der Waals surface area contributed by atoms with Crippen molar-refractivity contribution in [1.82, 2.24) is 4.90 Å². The summed E-state index contributed by atoms with van der Waals surface area (Å²) < 4.78 is 5.75. The van der Waals surface area contributed by atoms with Gasteiger partial charge in [0.05, 0.1) is 6.54 Å². The number of para-hydroxylation sites is 1. The second-order valence-electron chi connectivity index (χ2n) is 6.44. The van der Waals surface area contributed by atoms with E-state index in [1.807, 2.05) is 60.7 Å². The molecule has 0 unspecified atom stereocenters. The van der Waals surface area contributed by atoms with Crippen LogP contribution >= 0.6 is 11.6 Å². The zero-order valence-corrected chi connectivity index (χ0v) is 16.1. The molecule has 29 heavy (non-hydrogen) atoms. The van der Waals surface area contributed by atoms with Gasteiger partial charge < -0.3 is 10.1 Å². The lowest BCUT2D eigenvalue weighted by molar-refractivity contribution is -0.138. The van der Waals surface area contributed by atoms with Gasteiger partial charge in [0, 0.05) is 5.69 Å². The van der Waals surface area contributed by atoms with E-state index in [4.69, 9.17) is 16.3 Å². The Morgan fingerprint density at radius 2 is 1.34 bits per heavy atom. The number of rotatable bonds is 6. The maximum Gasteiger partial charge on any atom is 0.279 e. The number of benzene rings is 3. The van der Waals surface area contributed by atoms with Gasteiger partial charge in [-0.3, -0.25) is 14.5 Å². The SMILES string of the molecule is O=C1C(Cl)=C(Nc2ccc(Oc3ccccc3)cc2)C(=O)N1Cc1ccccc1. The maximum atomic E-state index is 12.7. The molecule has 0 fully saturated rings. The molecule has 144 valence electrons. The number of anilines is 1. The first kappa shape index (κ1) is 18.8. The zero-order chi connectivity index (χ0) is 20.2. The molecule has 1 N–H and O–H groups in total. The van der Waals surface area contributed by atoms with E-state index in [0.29, 0.717) is 11.4 Å². The van der Waals surface area contributed by atoms with Crippen LogP contribution in [0.25, 0.3) is 0 Å². The van der Waals surface area contributed by atoms with Crippen molar-refractivity contribution in [1.29, 1.82) is 0 Å². The second kappa shape index (κ2) is 8.20.